The lowest BCUT2D eigenvalue weighted by atomic mass is 9.49. The zero-order chi connectivity index (χ0) is 20.8. The first-order chi connectivity index (χ1) is 13.7. The van der Waals surface area contributed by atoms with Crippen LogP contribution in [-0.2, 0) is 19.1 Å². The fourth-order valence-electron chi connectivity index (χ4n) is 7.12. The Balaban J connectivity index is 1.25. The summed E-state index contributed by atoms with van der Waals surface area (Å²) in [4.78, 5) is 39.7. The van der Waals surface area contributed by atoms with Crippen LogP contribution in [0, 0.1) is 35.0 Å². The van der Waals surface area contributed by atoms with Crippen LogP contribution in [0.2, 0.25) is 0 Å². The van der Waals surface area contributed by atoms with E-state index in [1.165, 1.54) is 19.3 Å². The first kappa shape index (κ1) is 20.7. The lowest BCUT2D eigenvalue weighted by Crippen LogP contribution is -2.54. The van der Waals surface area contributed by atoms with E-state index < -0.39 is 12.1 Å². The van der Waals surface area contributed by atoms with Gasteiger partial charge in [-0.25, -0.2) is 0 Å². The molecule has 5 fully saturated rings. The average molecular weight is 405 g/mol. The summed E-state index contributed by atoms with van der Waals surface area (Å²) in [5, 5.41) is 2.84. The van der Waals surface area contributed by atoms with Crippen LogP contribution in [0.15, 0.2) is 0 Å². The van der Waals surface area contributed by atoms with E-state index in [4.69, 9.17) is 4.74 Å². The van der Waals surface area contributed by atoms with E-state index in [1.807, 2.05) is 4.90 Å². The molecule has 0 aromatic rings. The third-order valence-corrected chi connectivity index (χ3v) is 7.75. The maximum Gasteiger partial charge on any atom is 0.326 e. The van der Waals surface area contributed by atoms with Crippen molar-refractivity contribution in [2.24, 2.45) is 35.0 Å². The summed E-state index contributed by atoms with van der Waals surface area (Å²) in [6, 6.07) is 0. The van der Waals surface area contributed by atoms with Crippen LogP contribution in [0.3, 0.4) is 0 Å². The van der Waals surface area contributed by atoms with Crippen molar-refractivity contribution >= 4 is 17.8 Å². The van der Waals surface area contributed by atoms with Crippen LogP contribution in [0.1, 0.15) is 65.7 Å². The van der Waals surface area contributed by atoms with Crippen LogP contribution in [-0.4, -0.2) is 48.4 Å². The highest BCUT2D eigenvalue weighted by Crippen LogP contribution is 2.60. The summed E-state index contributed by atoms with van der Waals surface area (Å²) in [5.74, 6) is 2.34. The summed E-state index contributed by atoms with van der Waals surface area (Å²) < 4.78 is 5.36. The van der Waals surface area contributed by atoms with Crippen molar-refractivity contribution < 1.29 is 19.1 Å². The number of ether oxygens (including phenoxy) is 1. The van der Waals surface area contributed by atoms with Gasteiger partial charge in [-0.2, -0.15) is 0 Å². The predicted molar refractivity (Wildman–Crippen MR) is 109 cm³/mol. The minimum atomic E-state index is -0.809. The van der Waals surface area contributed by atoms with Gasteiger partial charge in [0.1, 0.15) is 6.54 Å². The third kappa shape index (κ3) is 4.31. The molecule has 4 saturated carbocycles. The van der Waals surface area contributed by atoms with E-state index in [-0.39, 0.29) is 23.8 Å². The van der Waals surface area contributed by atoms with E-state index in [0.717, 1.165) is 25.7 Å². The summed E-state index contributed by atoms with van der Waals surface area (Å²) in [5.41, 5.74) is -0.267. The molecule has 0 radical (unpaired) electrons. The molecule has 4 bridgehead atoms. The second-order valence-electron chi connectivity index (χ2n) is 10.7. The first-order valence-electron chi connectivity index (χ1n) is 11.5. The average Bonchev–Trinajstić information content (AvgIpc) is 2.63. The van der Waals surface area contributed by atoms with Crippen molar-refractivity contribution in [3.05, 3.63) is 0 Å². The van der Waals surface area contributed by atoms with E-state index in [2.05, 4.69) is 19.2 Å². The number of amides is 2. The van der Waals surface area contributed by atoms with Crippen LogP contribution < -0.4 is 5.32 Å². The Morgan fingerprint density at radius 2 is 1.48 bits per heavy atom. The topological polar surface area (TPSA) is 75.7 Å². The molecule has 6 nitrogen and oxygen atoms in total. The lowest BCUT2D eigenvalue weighted by Gasteiger charge is -2.55. The maximum absolute atomic E-state index is 12.9. The van der Waals surface area contributed by atoms with Crippen molar-refractivity contribution in [3.63, 3.8) is 0 Å². The van der Waals surface area contributed by atoms with Gasteiger partial charge in [0, 0.05) is 18.5 Å². The number of hydrogen-bond donors (Lipinski definition) is 1. The number of likely N-dealkylation sites (tertiary alicyclic amines) is 1. The largest absolute Gasteiger partial charge is 0.451 e. The Morgan fingerprint density at radius 3 is 2.00 bits per heavy atom. The van der Waals surface area contributed by atoms with Crippen molar-refractivity contribution in [1.82, 2.24) is 10.2 Å². The highest BCUT2D eigenvalue weighted by molar-refractivity contribution is 5.88. The SMILES string of the molecule is C[C@H]1C[C@H](C)CN(C(=O)[C@@H](C)OC(=O)CNC(=O)C23CC4CC(CC(C4)C2)C3)C1. The Morgan fingerprint density at radius 1 is 0.966 bits per heavy atom. The fourth-order valence-corrected chi connectivity index (χ4v) is 7.12. The number of rotatable bonds is 5. The van der Waals surface area contributed by atoms with Crippen LogP contribution >= 0.6 is 0 Å². The Bertz CT molecular complexity index is 631. The molecular weight excluding hydrogens is 368 g/mol. The van der Waals surface area contributed by atoms with Gasteiger partial charge < -0.3 is 15.0 Å². The lowest BCUT2D eigenvalue weighted by molar-refractivity contribution is -0.161. The van der Waals surface area contributed by atoms with Crippen molar-refractivity contribution in [1.29, 1.82) is 0 Å². The first-order valence-corrected chi connectivity index (χ1v) is 11.5. The Labute approximate surface area is 174 Å². The van der Waals surface area contributed by atoms with Gasteiger partial charge in [0.15, 0.2) is 6.10 Å². The van der Waals surface area contributed by atoms with Crippen molar-refractivity contribution in [2.45, 2.75) is 71.8 Å². The van der Waals surface area contributed by atoms with Gasteiger partial charge in [0.05, 0.1) is 0 Å². The number of carbonyl (C=O) groups is 3. The normalized spacial score (nSPS) is 39.1. The zero-order valence-corrected chi connectivity index (χ0v) is 18.1. The summed E-state index contributed by atoms with van der Waals surface area (Å²) in [6.07, 6.45) is 7.07. The van der Waals surface area contributed by atoms with Gasteiger partial charge in [0.2, 0.25) is 5.91 Å². The predicted octanol–water partition coefficient (Wildman–Crippen LogP) is 2.76. The number of nitrogens with one attached hydrogen (secondary N) is 1. The molecule has 0 spiro atoms. The standard InChI is InChI=1S/C23H36N2O4/c1-14-4-15(2)13-25(12-14)21(27)16(3)29-20(26)11-24-22(28)23-8-17-5-18(9-23)7-19(6-17)10-23/h14-19H,4-13H2,1-3H3,(H,24,28)/t14-,15-,16+,17?,18?,19?,23?/m0/s1. The third-order valence-electron chi connectivity index (χ3n) is 7.75. The Kier molecular flexibility index (Phi) is 5.64. The fraction of sp³-hybridized carbons (Fsp3) is 0.870. The molecule has 29 heavy (non-hydrogen) atoms. The van der Waals surface area contributed by atoms with Crippen molar-refractivity contribution in [2.75, 3.05) is 19.6 Å². The summed E-state index contributed by atoms with van der Waals surface area (Å²) in [6.45, 7) is 7.21. The zero-order valence-electron chi connectivity index (χ0n) is 18.1. The van der Waals surface area contributed by atoms with E-state index in [0.29, 0.717) is 42.7 Å². The summed E-state index contributed by atoms with van der Waals surface area (Å²) >= 11 is 0. The quantitative estimate of drug-likeness (QED) is 0.715. The monoisotopic (exact) mass is 404 g/mol. The van der Waals surface area contributed by atoms with E-state index >= 15 is 0 Å². The second kappa shape index (κ2) is 7.92. The molecular formula is C23H36N2O4. The maximum atomic E-state index is 12.9. The number of piperidine rings is 1. The van der Waals surface area contributed by atoms with Gasteiger partial charge in [-0.3, -0.25) is 14.4 Å². The van der Waals surface area contributed by atoms with Crippen LogP contribution in [0.4, 0.5) is 0 Å². The molecule has 4 aliphatic carbocycles. The minimum Gasteiger partial charge on any atom is -0.451 e. The van der Waals surface area contributed by atoms with Crippen LogP contribution in [0.25, 0.3) is 0 Å². The smallest absolute Gasteiger partial charge is 0.326 e. The molecule has 6 heteroatoms. The number of esters is 1. The second-order valence-corrected chi connectivity index (χ2v) is 10.7. The molecule has 1 aliphatic heterocycles. The molecule has 3 atom stereocenters. The van der Waals surface area contributed by atoms with E-state index in [9.17, 15) is 14.4 Å². The molecule has 1 saturated heterocycles. The van der Waals surface area contributed by atoms with Crippen LogP contribution in [0.5, 0.6) is 0 Å². The Hall–Kier alpha value is -1.59. The van der Waals surface area contributed by atoms with Gasteiger partial charge in [-0.05, 0) is 81.5 Å². The van der Waals surface area contributed by atoms with Gasteiger partial charge >= 0.3 is 5.97 Å². The molecule has 1 N–H and O–H groups in total. The molecule has 0 aromatic carbocycles. The molecule has 162 valence electrons. The highest BCUT2D eigenvalue weighted by Gasteiger charge is 2.54. The highest BCUT2D eigenvalue weighted by atomic mass is 16.5. The van der Waals surface area contributed by atoms with E-state index in [1.54, 1.807) is 6.92 Å². The molecule has 0 aromatic heterocycles. The van der Waals surface area contributed by atoms with Crippen molar-refractivity contribution in [3.8, 4) is 0 Å². The minimum absolute atomic E-state index is 0.0196. The summed E-state index contributed by atoms with van der Waals surface area (Å²) in [7, 11) is 0. The molecule has 1 heterocycles. The van der Waals surface area contributed by atoms with Gasteiger partial charge in [-0.15, -0.1) is 0 Å². The van der Waals surface area contributed by atoms with Gasteiger partial charge in [-0.1, -0.05) is 13.8 Å². The molecule has 5 aliphatic rings. The molecule has 5 rings (SSSR count). The van der Waals surface area contributed by atoms with Gasteiger partial charge in [0.25, 0.3) is 5.91 Å². The molecule has 2 amide bonds. The number of carbonyl (C=O) groups excluding carboxylic acids is 3. The number of nitrogens with zero attached hydrogens (tertiary/aromatic N) is 1. The molecule has 0 unspecified atom stereocenters. The number of hydrogen-bond acceptors (Lipinski definition) is 4.